The second kappa shape index (κ2) is 15.6. The van der Waals surface area contributed by atoms with Gasteiger partial charge in [-0.3, -0.25) is 38.6 Å². The molecule has 0 spiro atoms. The highest BCUT2D eigenvalue weighted by molar-refractivity contribution is 6.09. The fourth-order valence-electron chi connectivity index (χ4n) is 7.05. The van der Waals surface area contributed by atoms with Gasteiger partial charge in [-0.2, -0.15) is 0 Å². The van der Waals surface area contributed by atoms with E-state index in [2.05, 4.69) is 0 Å². The molecule has 54 heavy (non-hydrogen) atoms. The summed E-state index contributed by atoms with van der Waals surface area (Å²) >= 11 is 0. The summed E-state index contributed by atoms with van der Waals surface area (Å²) < 4.78 is 10.6. The van der Waals surface area contributed by atoms with Crippen molar-refractivity contribution in [1.29, 1.82) is 0 Å². The fraction of sp³-hybridized carbons (Fsp3) is 0.350. The minimum absolute atomic E-state index is 0.00902. The molecule has 3 heterocycles. The molecule has 4 amide bonds. The van der Waals surface area contributed by atoms with Crippen molar-refractivity contribution in [3.63, 3.8) is 0 Å². The molecule has 2 N–H and O–H groups in total. The minimum Gasteiger partial charge on any atom is -0.441 e. The zero-order valence-electron chi connectivity index (χ0n) is 30.2. The molecule has 282 valence electrons. The molecule has 14 nitrogen and oxygen atoms in total. The number of carbonyl (C=O) groups is 6. The molecule has 3 aliphatic rings. The van der Waals surface area contributed by atoms with Crippen LogP contribution in [0.5, 0.6) is 0 Å². The van der Waals surface area contributed by atoms with Crippen LogP contribution in [0.15, 0.2) is 84.9 Å². The van der Waals surface area contributed by atoms with Gasteiger partial charge >= 0.3 is 11.9 Å². The van der Waals surface area contributed by atoms with E-state index in [4.69, 9.17) is 9.47 Å². The monoisotopic (exact) mass is 738 g/mol. The van der Waals surface area contributed by atoms with E-state index < -0.39 is 41.8 Å². The van der Waals surface area contributed by atoms with Crippen LogP contribution in [0.4, 0.5) is 17.1 Å². The van der Waals surface area contributed by atoms with Gasteiger partial charge in [0.25, 0.3) is 5.91 Å². The summed E-state index contributed by atoms with van der Waals surface area (Å²) in [7, 11) is 0. The zero-order chi connectivity index (χ0) is 38.7. The highest BCUT2D eigenvalue weighted by Crippen LogP contribution is 2.48. The molecule has 2 fully saturated rings. The molecule has 2 saturated heterocycles. The number of aliphatic hydroxyl groups excluding tert-OH is 1. The molecule has 4 atom stereocenters. The zero-order valence-corrected chi connectivity index (χ0v) is 30.2. The Balaban J connectivity index is 1.28. The van der Waals surface area contributed by atoms with Gasteiger partial charge in [-0.25, -0.2) is 0 Å². The van der Waals surface area contributed by atoms with Crippen LogP contribution < -0.4 is 14.7 Å². The molecule has 0 saturated carbocycles. The van der Waals surface area contributed by atoms with E-state index in [-0.39, 0.29) is 62.2 Å². The van der Waals surface area contributed by atoms with Crippen molar-refractivity contribution >= 4 is 52.6 Å². The molecule has 2 unspecified atom stereocenters. The van der Waals surface area contributed by atoms with Crippen molar-refractivity contribution in [2.45, 2.75) is 71.2 Å². The van der Waals surface area contributed by atoms with E-state index in [1.54, 1.807) is 55.5 Å². The maximum Gasteiger partial charge on any atom is 0.304 e. The van der Waals surface area contributed by atoms with Crippen molar-refractivity contribution in [3.05, 3.63) is 102 Å². The first-order valence-corrected chi connectivity index (χ1v) is 17.7. The molecule has 0 bridgehead atoms. The van der Waals surface area contributed by atoms with E-state index in [0.717, 1.165) is 5.56 Å². The van der Waals surface area contributed by atoms with Crippen LogP contribution in [-0.2, 0) is 56.9 Å². The number of amides is 4. The minimum atomic E-state index is -2.14. The lowest BCUT2D eigenvalue weighted by Crippen LogP contribution is -2.55. The first-order valence-electron chi connectivity index (χ1n) is 17.7. The summed E-state index contributed by atoms with van der Waals surface area (Å²) in [5, 5.41) is 22.0. The maximum absolute atomic E-state index is 14.4. The number of β-lactam (4-membered cyclic amide) rings is 2. The van der Waals surface area contributed by atoms with Crippen molar-refractivity contribution in [3.8, 4) is 0 Å². The van der Waals surface area contributed by atoms with Gasteiger partial charge in [0.15, 0.2) is 18.1 Å². The molecule has 3 aliphatic heterocycles. The van der Waals surface area contributed by atoms with Crippen LogP contribution in [-0.4, -0.2) is 76.3 Å². The summed E-state index contributed by atoms with van der Waals surface area (Å²) in [6, 6.07) is 21.0. The van der Waals surface area contributed by atoms with Crippen molar-refractivity contribution in [2.24, 2.45) is 5.92 Å². The van der Waals surface area contributed by atoms with Crippen LogP contribution in [0.3, 0.4) is 0 Å². The van der Waals surface area contributed by atoms with E-state index in [0.29, 0.717) is 29.2 Å². The third kappa shape index (κ3) is 7.48. The lowest BCUT2D eigenvalue weighted by Gasteiger charge is -2.39. The van der Waals surface area contributed by atoms with Gasteiger partial charge in [-0.15, -0.1) is 0 Å². The largest absolute Gasteiger partial charge is 0.441 e. The van der Waals surface area contributed by atoms with Crippen LogP contribution in [0.1, 0.15) is 56.7 Å². The Labute approximate surface area is 312 Å². The first-order chi connectivity index (χ1) is 25.8. The average Bonchev–Trinajstić information content (AvgIpc) is 3.33. The van der Waals surface area contributed by atoms with Gasteiger partial charge in [-0.05, 0) is 41.5 Å². The summed E-state index contributed by atoms with van der Waals surface area (Å²) in [4.78, 5) is 81.8. The number of carbonyl (C=O) groups excluding carboxylic acids is 6. The van der Waals surface area contributed by atoms with Gasteiger partial charge in [0.1, 0.15) is 0 Å². The number of esters is 2. The molecule has 0 aliphatic carbocycles. The number of rotatable bonds is 14. The lowest BCUT2D eigenvalue weighted by molar-refractivity contribution is -0.155. The summed E-state index contributed by atoms with van der Waals surface area (Å²) in [6.07, 6.45) is 1.60. The Kier molecular flexibility index (Phi) is 11.0. The number of fused-ring (bicyclic) bond motifs is 1. The number of ether oxygens (including phenoxy) is 2. The number of nitrogens with zero attached hydrogens (tertiary/aromatic N) is 4. The maximum atomic E-state index is 14.4. The second-order valence-electron chi connectivity index (χ2n) is 13.5. The SMILES string of the molecule is CC(=O)OC1CC(=O)N1c1cccc(CN2C(=O)[C@](O)([C@H](C)/C=C/CC(=O)N(CCO)Cc3ccccc3)c3cc(N4C(=O)CC4OC(C)=O)ccc32)c1. The molecule has 3 aromatic rings. The Hall–Kier alpha value is -5.86. The highest BCUT2D eigenvalue weighted by atomic mass is 16.6. The summed E-state index contributed by atoms with van der Waals surface area (Å²) in [6.45, 7) is 4.36. The van der Waals surface area contributed by atoms with E-state index in [9.17, 15) is 39.0 Å². The third-order valence-electron chi connectivity index (χ3n) is 9.79. The van der Waals surface area contributed by atoms with Crippen molar-refractivity contribution in [1.82, 2.24) is 4.90 Å². The fourth-order valence-corrected chi connectivity index (χ4v) is 7.05. The summed E-state index contributed by atoms with van der Waals surface area (Å²) in [5.74, 6) is -3.39. The lowest BCUT2D eigenvalue weighted by atomic mass is 9.82. The van der Waals surface area contributed by atoms with Gasteiger partial charge in [0.2, 0.25) is 17.7 Å². The van der Waals surface area contributed by atoms with Gasteiger partial charge in [0.05, 0.1) is 31.7 Å². The Morgan fingerprint density at radius 1 is 0.870 bits per heavy atom. The van der Waals surface area contributed by atoms with Crippen molar-refractivity contribution < 1.29 is 48.5 Å². The van der Waals surface area contributed by atoms with Crippen molar-refractivity contribution in [2.75, 3.05) is 27.9 Å². The normalized spacial score (nSPS) is 21.1. The number of benzene rings is 3. The molecular formula is C40H42N4O10. The smallest absolute Gasteiger partial charge is 0.304 e. The van der Waals surface area contributed by atoms with Crippen LogP contribution in [0, 0.1) is 5.92 Å². The number of aliphatic hydroxyl groups is 2. The van der Waals surface area contributed by atoms with E-state index >= 15 is 0 Å². The number of hydrogen-bond acceptors (Lipinski definition) is 10. The molecule has 14 heteroatoms. The van der Waals surface area contributed by atoms with E-state index in [1.807, 2.05) is 30.3 Å². The van der Waals surface area contributed by atoms with Crippen LogP contribution in [0.2, 0.25) is 0 Å². The molecule has 0 radical (unpaired) electrons. The number of hydrogen-bond donors (Lipinski definition) is 2. The predicted molar refractivity (Wildman–Crippen MR) is 195 cm³/mol. The average molecular weight is 739 g/mol. The third-order valence-corrected chi connectivity index (χ3v) is 9.79. The first kappa shape index (κ1) is 37.9. The molecule has 0 aromatic heterocycles. The Morgan fingerprint density at radius 2 is 1.48 bits per heavy atom. The molecule has 6 rings (SSSR count). The number of anilines is 3. The van der Waals surface area contributed by atoms with Gasteiger partial charge in [-0.1, -0.05) is 61.5 Å². The predicted octanol–water partition coefficient (Wildman–Crippen LogP) is 3.28. The van der Waals surface area contributed by atoms with Gasteiger partial charge in [0, 0.05) is 56.2 Å². The summed E-state index contributed by atoms with van der Waals surface area (Å²) in [5.41, 5.74) is 0.762. The molecule has 3 aromatic carbocycles. The topological polar surface area (TPSA) is 174 Å². The highest BCUT2D eigenvalue weighted by Gasteiger charge is 2.53. The van der Waals surface area contributed by atoms with E-state index in [1.165, 1.54) is 39.5 Å². The van der Waals surface area contributed by atoms with Crippen LogP contribution >= 0.6 is 0 Å². The molecular weight excluding hydrogens is 696 g/mol. The van der Waals surface area contributed by atoms with Crippen LogP contribution in [0.25, 0.3) is 0 Å². The second-order valence-corrected chi connectivity index (χ2v) is 13.5. The van der Waals surface area contributed by atoms with Gasteiger partial charge < -0.3 is 29.5 Å². The standard InChI is InChI=1S/C40H42N4O10/c1-25(9-7-14-34(48)41(17-18-45)23-28-10-5-4-6-11-28)40(52)32-20-31(44-36(50)22-38(44)54-27(3)47)15-16-33(32)42(39(40)51)24-29-12-8-13-30(19-29)43-35(49)21-37(43)53-26(2)46/h4-13,15-16,19-20,25,37-38,45,52H,14,17-18,21-24H2,1-3H3/b9-7+/t25-,37?,38?,40+/m1/s1. The Morgan fingerprint density at radius 3 is 2.07 bits per heavy atom. The Bertz CT molecular complexity index is 2000. The quantitative estimate of drug-likeness (QED) is 0.142.